The predicted octanol–water partition coefficient (Wildman–Crippen LogP) is 1.62. The quantitative estimate of drug-likeness (QED) is 0.370. The maximum absolute atomic E-state index is 8.62. The Bertz CT molecular complexity index is 213. The van der Waals surface area contributed by atoms with Crippen LogP contribution in [-0.4, -0.2) is 76.3 Å². The van der Waals surface area contributed by atoms with Crippen LogP contribution in [0.25, 0.3) is 0 Å². The van der Waals surface area contributed by atoms with E-state index in [0.717, 1.165) is 12.8 Å². The molecular formula is C17H36O6. The highest BCUT2D eigenvalue weighted by molar-refractivity contribution is 4.66. The largest absolute Gasteiger partial charge is 0.396 e. The Labute approximate surface area is 141 Å². The van der Waals surface area contributed by atoms with Crippen molar-refractivity contribution in [2.45, 2.75) is 39.5 Å². The fourth-order valence-corrected chi connectivity index (χ4v) is 1.80. The minimum Gasteiger partial charge on any atom is -0.396 e. The van der Waals surface area contributed by atoms with Crippen LogP contribution in [-0.2, 0) is 18.9 Å². The van der Waals surface area contributed by atoms with Crippen LogP contribution < -0.4 is 0 Å². The van der Waals surface area contributed by atoms with Crippen molar-refractivity contribution in [1.29, 1.82) is 0 Å². The van der Waals surface area contributed by atoms with Crippen molar-refractivity contribution in [3.63, 3.8) is 0 Å². The van der Waals surface area contributed by atoms with Gasteiger partial charge in [0.2, 0.25) is 0 Å². The van der Waals surface area contributed by atoms with E-state index in [1.54, 1.807) is 0 Å². The smallest absolute Gasteiger partial charge is 0.0539 e. The van der Waals surface area contributed by atoms with Crippen molar-refractivity contribution in [2.24, 2.45) is 5.41 Å². The second-order valence-electron chi connectivity index (χ2n) is 6.36. The van der Waals surface area contributed by atoms with Crippen molar-refractivity contribution in [3.8, 4) is 0 Å². The molecule has 0 fully saturated rings. The number of aliphatic hydroxyl groups excluding tert-OH is 2. The van der Waals surface area contributed by atoms with Gasteiger partial charge in [0.25, 0.3) is 0 Å². The molecule has 0 saturated carbocycles. The first-order chi connectivity index (χ1) is 11.1. The highest BCUT2D eigenvalue weighted by Gasteiger charge is 2.18. The Morgan fingerprint density at radius 1 is 0.565 bits per heavy atom. The highest BCUT2D eigenvalue weighted by Crippen LogP contribution is 2.16. The van der Waals surface area contributed by atoms with Crippen LogP contribution in [0.2, 0.25) is 0 Å². The van der Waals surface area contributed by atoms with Crippen LogP contribution in [0.5, 0.6) is 0 Å². The fraction of sp³-hybridized carbons (Fsp3) is 1.00. The zero-order valence-electron chi connectivity index (χ0n) is 14.9. The predicted molar refractivity (Wildman–Crippen MR) is 89.7 cm³/mol. The summed E-state index contributed by atoms with van der Waals surface area (Å²) in [4.78, 5) is 0. The summed E-state index contributed by atoms with van der Waals surface area (Å²) < 4.78 is 22.0. The lowest BCUT2D eigenvalue weighted by atomic mass is 9.96. The molecule has 0 spiro atoms. The normalized spacial score (nSPS) is 12.0. The topological polar surface area (TPSA) is 77.4 Å². The third-order valence-corrected chi connectivity index (χ3v) is 3.03. The third-order valence-electron chi connectivity index (χ3n) is 3.03. The first-order valence-electron chi connectivity index (χ1n) is 8.65. The van der Waals surface area contributed by atoms with Crippen LogP contribution in [0.4, 0.5) is 0 Å². The van der Waals surface area contributed by atoms with Crippen molar-refractivity contribution in [2.75, 3.05) is 66.1 Å². The lowest BCUT2D eigenvalue weighted by molar-refractivity contribution is -0.0139. The lowest BCUT2D eigenvalue weighted by Crippen LogP contribution is -2.26. The molecule has 2 N–H and O–H groups in total. The Morgan fingerprint density at radius 2 is 0.913 bits per heavy atom. The van der Waals surface area contributed by atoms with E-state index in [9.17, 15) is 0 Å². The summed E-state index contributed by atoms with van der Waals surface area (Å²) in [6.07, 6.45) is 3.12. The summed E-state index contributed by atoms with van der Waals surface area (Å²) in [6, 6.07) is 0. The van der Waals surface area contributed by atoms with Crippen molar-refractivity contribution in [3.05, 3.63) is 0 Å². The monoisotopic (exact) mass is 336 g/mol. The van der Waals surface area contributed by atoms with Gasteiger partial charge in [-0.15, -0.1) is 0 Å². The molecule has 0 aromatic rings. The summed E-state index contributed by atoms with van der Waals surface area (Å²) in [5, 5.41) is 17.2. The molecule has 140 valence electrons. The molecular weight excluding hydrogens is 300 g/mol. The summed E-state index contributed by atoms with van der Waals surface area (Å²) in [6.45, 7) is 9.87. The van der Waals surface area contributed by atoms with Gasteiger partial charge in [0.15, 0.2) is 0 Å². The Balaban J connectivity index is 3.33. The van der Waals surface area contributed by atoms with Gasteiger partial charge in [-0.05, 0) is 25.7 Å². The molecule has 0 radical (unpaired) electrons. The SMILES string of the molecule is CC(C)(COCCCOCCCO)COCCCOCCCO. The van der Waals surface area contributed by atoms with E-state index in [4.69, 9.17) is 29.2 Å². The van der Waals surface area contributed by atoms with Gasteiger partial charge in [0, 0.05) is 58.3 Å². The van der Waals surface area contributed by atoms with Crippen molar-refractivity contribution in [1.82, 2.24) is 0 Å². The van der Waals surface area contributed by atoms with Crippen LogP contribution in [0.15, 0.2) is 0 Å². The van der Waals surface area contributed by atoms with E-state index in [1.165, 1.54) is 0 Å². The molecule has 0 bridgehead atoms. The van der Waals surface area contributed by atoms with E-state index in [-0.39, 0.29) is 18.6 Å². The second-order valence-corrected chi connectivity index (χ2v) is 6.36. The van der Waals surface area contributed by atoms with Gasteiger partial charge in [0.1, 0.15) is 0 Å². The van der Waals surface area contributed by atoms with Crippen LogP contribution in [0.3, 0.4) is 0 Å². The number of aliphatic hydroxyl groups is 2. The molecule has 0 amide bonds. The first kappa shape index (κ1) is 22.8. The zero-order valence-corrected chi connectivity index (χ0v) is 14.9. The van der Waals surface area contributed by atoms with Gasteiger partial charge in [-0.2, -0.15) is 0 Å². The minimum absolute atomic E-state index is 0.00447. The number of ether oxygens (including phenoxy) is 4. The fourth-order valence-electron chi connectivity index (χ4n) is 1.80. The molecule has 0 aliphatic carbocycles. The summed E-state index contributed by atoms with van der Waals surface area (Å²) in [7, 11) is 0. The molecule has 6 heteroatoms. The Kier molecular flexibility index (Phi) is 16.4. The highest BCUT2D eigenvalue weighted by atomic mass is 16.5. The van der Waals surface area contributed by atoms with E-state index < -0.39 is 0 Å². The van der Waals surface area contributed by atoms with Crippen LogP contribution in [0.1, 0.15) is 39.5 Å². The van der Waals surface area contributed by atoms with Gasteiger partial charge in [-0.1, -0.05) is 13.8 Å². The first-order valence-corrected chi connectivity index (χ1v) is 8.65. The van der Waals surface area contributed by atoms with Crippen molar-refractivity contribution < 1.29 is 29.2 Å². The van der Waals surface area contributed by atoms with Crippen LogP contribution in [0, 0.1) is 5.41 Å². The Hall–Kier alpha value is -0.240. The van der Waals surface area contributed by atoms with Gasteiger partial charge < -0.3 is 29.2 Å². The third kappa shape index (κ3) is 17.9. The van der Waals surface area contributed by atoms with E-state index in [0.29, 0.717) is 65.7 Å². The zero-order chi connectivity index (χ0) is 17.2. The molecule has 0 aromatic heterocycles. The molecule has 0 unspecified atom stereocenters. The molecule has 0 aromatic carbocycles. The molecule has 0 rings (SSSR count). The van der Waals surface area contributed by atoms with E-state index >= 15 is 0 Å². The van der Waals surface area contributed by atoms with Crippen molar-refractivity contribution >= 4 is 0 Å². The molecule has 0 atom stereocenters. The molecule has 6 nitrogen and oxygen atoms in total. The van der Waals surface area contributed by atoms with E-state index in [1.807, 2.05) is 0 Å². The molecule has 0 aliphatic heterocycles. The number of hydrogen-bond acceptors (Lipinski definition) is 6. The van der Waals surface area contributed by atoms with Gasteiger partial charge in [-0.3, -0.25) is 0 Å². The molecule has 0 aliphatic rings. The Morgan fingerprint density at radius 3 is 1.30 bits per heavy atom. The average Bonchev–Trinajstić information content (AvgIpc) is 2.52. The van der Waals surface area contributed by atoms with Gasteiger partial charge in [-0.25, -0.2) is 0 Å². The van der Waals surface area contributed by atoms with Gasteiger partial charge >= 0.3 is 0 Å². The second kappa shape index (κ2) is 16.6. The molecule has 0 heterocycles. The lowest BCUT2D eigenvalue weighted by Gasteiger charge is -2.24. The summed E-state index contributed by atoms with van der Waals surface area (Å²) in [5.41, 5.74) is -0.00447. The standard InChI is InChI=1S/C17H36O6/c1-17(2,15-22-13-5-11-20-9-3-7-18)16-23-14-6-12-21-10-4-8-19/h18-19H,3-16H2,1-2H3. The number of rotatable bonds is 18. The maximum atomic E-state index is 8.62. The van der Waals surface area contributed by atoms with Gasteiger partial charge in [0.05, 0.1) is 13.2 Å². The van der Waals surface area contributed by atoms with E-state index in [2.05, 4.69) is 13.8 Å². The maximum Gasteiger partial charge on any atom is 0.0539 e. The summed E-state index contributed by atoms with van der Waals surface area (Å²) >= 11 is 0. The molecule has 23 heavy (non-hydrogen) atoms. The van der Waals surface area contributed by atoms with Crippen LogP contribution >= 0.6 is 0 Å². The number of hydrogen-bond donors (Lipinski definition) is 2. The average molecular weight is 336 g/mol. The molecule has 0 saturated heterocycles. The summed E-state index contributed by atoms with van der Waals surface area (Å²) in [5.74, 6) is 0. The minimum atomic E-state index is -0.00447.